The standard InChI is InChI=1S/C15H20N2O4/c1-17-12(10-16-15(17)20)8-9-21-13-5-2-11(3-6-13)4-7-14(18)19/h2-3,5-6,12H,4,7-10H2,1H3,(H,16,20)(H,18,19). The van der Waals surface area contributed by atoms with E-state index in [1.807, 2.05) is 24.3 Å². The molecule has 21 heavy (non-hydrogen) atoms. The Morgan fingerprint density at radius 2 is 2.14 bits per heavy atom. The Kier molecular flexibility index (Phi) is 5.03. The highest BCUT2D eigenvalue weighted by molar-refractivity contribution is 5.76. The Hall–Kier alpha value is -2.24. The summed E-state index contributed by atoms with van der Waals surface area (Å²) in [5, 5.41) is 11.4. The fraction of sp³-hybridized carbons (Fsp3) is 0.467. The summed E-state index contributed by atoms with van der Waals surface area (Å²) in [5.41, 5.74) is 0.982. The number of likely N-dealkylation sites (N-methyl/N-ethyl adjacent to an activating group) is 1. The molecule has 0 aromatic heterocycles. The predicted octanol–water partition coefficient (Wildman–Crippen LogP) is 1.50. The third-order valence-corrected chi connectivity index (χ3v) is 3.63. The number of carboxylic acids is 1. The molecular weight excluding hydrogens is 272 g/mol. The molecule has 2 rings (SSSR count). The molecule has 1 aliphatic rings. The van der Waals surface area contributed by atoms with E-state index in [1.54, 1.807) is 11.9 Å². The van der Waals surface area contributed by atoms with Crippen molar-refractivity contribution in [2.45, 2.75) is 25.3 Å². The Bertz CT molecular complexity index is 501. The highest BCUT2D eigenvalue weighted by Crippen LogP contribution is 2.15. The highest BCUT2D eigenvalue weighted by atomic mass is 16.5. The van der Waals surface area contributed by atoms with Gasteiger partial charge in [-0.1, -0.05) is 12.1 Å². The van der Waals surface area contributed by atoms with Crippen LogP contribution >= 0.6 is 0 Å². The Morgan fingerprint density at radius 1 is 1.43 bits per heavy atom. The Morgan fingerprint density at radius 3 is 2.71 bits per heavy atom. The number of nitrogens with one attached hydrogen (secondary N) is 1. The maximum absolute atomic E-state index is 11.3. The van der Waals surface area contributed by atoms with E-state index in [1.165, 1.54) is 0 Å². The molecule has 2 amide bonds. The van der Waals surface area contributed by atoms with Crippen LogP contribution in [0.1, 0.15) is 18.4 Å². The molecule has 6 heteroatoms. The quantitative estimate of drug-likeness (QED) is 0.798. The number of aliphatic carboxylic acids is 1. The number of amides is 2. The first-order chi connectivity index (χ1) is 10.1. The smallest absolute Gasteiger partial charge is 0.317 e. The summed E-state index contributed by atoms with van der Waals surface area (Å²) in [4.78, 5) is 23.5. The predicted molar refractivity (Wildman–Crippen MR) is 77.5 cm³/mol. The van der Waals surface area contributed by atoms with Crippen LogP contribution in [-0.4, -0.2) is 48.2 Å². The van der Waals surface area contributed by atoms with Crippen molar-refractivity contribution in [1.82, 2.24) is 10.2 Å². The first-order valence-corrected chi connectivity index (χ1v) is 7.00. The molecule has 1 unspecified atom stereocenters. The fourth-order valence-corrected chi connectivity index (χ4v) is 2.24. The van der Waals surface area contributed by atoms with Gasteiger partial charge in [0, 0.05) is 26.4 Å². The molecular formula is C15H20N2O4. The van der Waals surface area contributed by atoms with Crippen LogP contribution in [0.2, 0.25) is 0 Å². The molecule has 0 spiro atoms. The molecule has 1 fully saturated rings. The lowest BCUT2D eigenvalue weighted by Gasteiger charge is -2.17. The van der Waals surface area contributed by atoms with Gasteiger partial charge in [-0.2, -0.15) is 0 Å². The van der Waals surface area contributed by atoms with Crippen molar-refractivity contribution in [3.8, 4) is 5.75 Å². The summed E-state index contributed by atoms with van der Waals surface area (Å²) in [7, 11) is 1.78. The first kappa shape index (κ1) is 15.2. The number of nitrogens with zero attached hydrogens (tertiary/aromatic N) is 1. The number of benzene rings is 1. The normalized spacial score (nSPS) is 17.7. The van der Waals surface area contributed by atoms with Crippen molar-refractivity contribution in [2.24, 2.45) is 0 Å². The lowest BCUT2D eigenvalue weighted by molar-refractivity contribution is -0.136. The monoisotopic (exact) mass is 292 g/mol. The minimum Gasteiger partial charge on any atom is -0.494 e. The fourth-order valence-electron chi connectivity index (χ4n) is 2.24. The van der Waals surface area contributed by atoms with E-state index in [9.17, 15) is 9.59 Å². The van der Waals surface area contributed by atoms with E-state index in [0.29, 0.717) is 19.6 Å². The van der Waals surface area contributed by atoms with Crippen LogP contribution in [0, 0.1) is 0 Å². The topological polar surface area (TPSA) is 78.9 Å². The van der Waals surface area contributed by atoms with E-state index >= 15 is 0 Å². The molecule has 2 N–H and O–H groups in total. The number of ether oxygens (including phenoxy) is 1. The molecule has 6 nitrogen and oxygen atoms in total. The van der Waals surface area contributed by atoms with E-state index < -0.39 is 5.97 Å². The average Bonchev–Trinajstić information content (AvgIpc) is 2.78. The molecule has 0 aliphatic carbocycles. The molecule has 1 heterocycles. The van der Waals surface area contributed by atoms with Crippen molar-refractivity contribution in [1.29, 1.82) is 0 Å². The second-order valence-corrected chi connectivity index (χ2v) is 5.13. The minimum absolute atomic E-state index is 0.0391. The van der Waals surface area contributed by atoms with Gasteiger partial charge in [-0.05, 0) is 24.1 Å². The number of urea groups is 1. The number of carbonyl (C=O) groups excluding carboxylic acids is 1. The number of hydrogen-bond donors (Lipinski definition) is 2. The molecule has 1 aliphatic heterocycles. The van der Waals surface area contributed by atoms with Crippen molar-refractivity contribution in [3.63, 3.8) is 0 Å². The maximum atomic E-state index is 11.3. The van der Waals surface area contributed by atoms with Crippen molar-refractivity contribution in [2.75, 3.05) is 20.2 Å². The van der Waals surface area contributed by atoms with Gasteiger partial charge in [-0.3, -0.25) is 4.79 Å². The van der Waals surface area contributed by atoms with Crippen LogP contribution in [0.4, 0.5) is 4.79 Å². The maximum Gasteiger partial charge on any atom is 0.317 e. The van der Waals surface area contributed by atoms with E-state index in [-0.39, 0.29) is 18.5 Å². The zero-order chi connectivity index (χ0) is 15.2. The second kappa shape index (κ2) is 6.97. The molecule has 1 aromatic rings. The second-order valence-electron chi connectivity index (χ2n) is 5.13. The van der Waals surface area contributed by atoms with Gasteiger partial charge in [0.15, 0.2) is 0 Å². The highest BCUT2D eigenvalue weighted by Gasteiger charge is 2.26. The summed E-state index contributed by atoms with van der Waals surface area (Å²) in [6.07, 6.45) is 1.43. The largest absolute Gasteiger partial charge is 0.494 e. The third-order valence-electron chi connectivity index (χ3n) is 3.63. The van der Waals surface area contributed by atoms with Crippen molar-refractivity contribution >= 4 is 12.0 Å². The van der Waals surface area contributed by atoms with Crippen molar-refractivity contribution in [3.05, 3.63) is 29.8 Å². The van der Waals surface area contributed by atoms with Crippen LogP contribution in [-0.2, 0) is 11.2 Å². The Balaban J connectivity index is 1.73. The van der Waals surface area contributed by atoms with Crippen LogP contribution in [0.15, 0.2) is 24.3 Å². The molecule has 0 bridgehead atoms. The average molecular weight is 292 g/mol. The van der Waals surface area contributed by atoms with E-state index in [0.717, 1.165) is 17.7 Å². The SMILES string of the molecule is CN1C(=O)NCC1CCOc1ccc(CCC(=O)O)cc1. The zero-order valence-corrected chi connectivity index (χ0v) is 12.0. The number of carbonyl (C=O) groups is 2. The van der Waals surface area contributed by atoms with Crippen LogP contribution in [0.5, 0.6) is 5.75 Å². The number of carboxylic acid groups (broad SMARTS) is 1. The third kappa shape index (κ3) is 4.37. The van der Waals surface area contributed by atoms with Crippen LogP contribution < -0.4 is 10.1 Å². The molecule has 1 saturated heterocycles. The van der Waals surface area contributed by atoms with E-state index in [2.05, 4.69) is 5.32 Å². The summed E-state index contributed by atoms with van der Waals surface area (Å²) in [6, 6.07) is 7.59. The zero-order valence-electron chi connectivity index (χ0n) is 12.0. The van der Waals surface area contributed by atoms with Gasteiger partial charge in [-0.15, -0.1) is 0 Å². The molecule has 1 aromatic carbocycles. The summed E-state index contributed by atoms with van der Waals surface area (Å²) in [6.45, 7) is 1.20. The first-order valence-electron chi connectivity index (χ1n) is 7.00. The van der Waals surface area contributed by atoms with Gasteiger partial charge in [0.05, 0.1) is 12.6 Å². The van der Waals surface area contributed by atoms with Gasteiger partial charge in [0.25, 0.3) is 0 Å². The molecule has 1 atom stereocenters. The van der Waals surface area contributed by atoms with Crippen molar-refractivity contribution < 1.29 is 19.4 Å². The minimum atomic E-state index is -0.792. The van der Waals surface area contributed by atoms with Gasteiger partial charge in [0.1, 0.15) is 5.75 Å². The van der Waals surface area contributed by atoms with Gasteiger partial charge < -0.3 is 20.1 Å². The number of aryl methyl sites for hydroxylation is 1. The number of rotatable bonds is 7. The summed E-state index contributed by atoms with van der Waals surface area (Å²) in [5.74, 6) is -0.0341. The van der Waals surface area contributed by atoms with Gasteiger partial charge in [0.2, 0.25) is 0 Å². The summed E-state index contributed by atoms with van der Waals surface area (Å²) < 4.78 is 5.65. The molecule has 0 radical (unpaired) electrons. The Labute approximate surface area is 123 Å². The molecule has 114 valence electrons. The molecule has 0 saturated carbocycles. The lowest BCUT2D eigenvalue weighted by atomic mass is 10.1. The lowest BCUT2D eigenvalue weighted by Crippen LogP contribution is -2.31. The van der Waals surface area contributed by atoms with Gasteiger partial charge in [-0.25, -0.2) is 4.79 Å². The van der Waals surface area contributed by atoms with E-state index in [4.69, 9.17) is 9.84 Å². The van der Waals surface area contributed by atoms with Crippen LogP contribution in [0.25, 0.3) is 0 Å². The summed E-state index contributed by atoms with van der Waals surface area (Å²) >= 11 is 0. The van der Waals surface area contributed by atoms with Gasteiger partial charge >= 0.3 is 12.0 Å². The number of hydrogen-bond acceptors (Lipinski definition) is 3. The van der Waals surface area contributed by atoms with Crippen LogP contribution in [0.3, 0.4) is 0 Å².